The minimum Gasteiger partial charge on any atom is -0.458 e. The predicted octanol–water partition coefficient (Wildman–Crippen LogP) is 2.66. The lowest BCUT2D eigenvalue weighted by Gasteiger charge is -2.33. The van der Waals surface area contributed by atoms with Crippen molar-refractivity contribution in [3.8, 4) is 0 Å². The molecule has 0 aromatic rings. The topological polar surface area (TPSA) is 119 Å². The van der Waals surface area contributed by atoms with Crippen LogP contribution >= 0.6 is 0 Å². The lowest BCUT2D eigenvalue weighted by atomic mass is 9.75. The Morgan fingerprint density at radius 1 is 0.968 bits per heavy atom. The van der Waals surface area contributed by atoms with Crippen molar-refractivity contribution in [2.45, 2.75) is 99.1 Å². The van der Waals surface area contributed by atoms with Crippen molar-refractivity contribution in [3.05, 3.63) is 0 Å². The number of amides is 3. The van der Waals surface area contributed by atoms with E-state index in [0.717, 1.165) is 0 Å². The second kappa shape index (κ2) is 9.78. The van der Waals surface area contributed by atoms with Crippen LogP contribution in [0.5, 0.6) is 0 Å². The van der Waals surface area contributed by atoms with E-state index in [1.54, 1.807) is 34.6 Å². The first kappa shape index (κ1) is 26.6. The molecule has 0 saturated carbocycles. The molecule has 1 N–H and O–H groups in total. The Balaban J connectivity index is 2.85. The lowest BCUT2D eigenvalue weighted by molar-refractivity contribution is -0.197. The molecule has 0 radical (unpaired) electrons. The zero-order valence-corrected chi connectivity index (χ0v) is 19.9. The summed E-state index contributed by atoms with van der Waals surface area (Å²) in [5.74, 6) is -3.02. The first-order chi connectivity index (χ1) is 13.9. The normalized spacial score (nSPS) is 16.2. The minimum absolute atomic E-state index is 0.00837. The van der Waals surface area contributed by atoms with Gasteiger partial charge in [-0.1, -0.05) is 34.6 Å². The SMILES string of the molecule is CC(C)(C)CC(C)(C)C(=O)N[C@@H](CCC(=O)ON1C(=O)CCC1=O)C(=O)OC(C)(C)C. The van der Waals surface area contributed by atoms with E-state index in [2.05, 4.69) is 5.32 Å². The maximum atomic E-state index is 12.9. The van der Waals surface area contributed by atoms with Crippen LogP contribution in [0.15, 0.2) is 0 Å². The quantitative estimate of drug-likeness (QED) is 0.455. The fourth-order valence-electron chi connectivity index (χ4n) is 3.45. The summed E-state index contributed by atoms with van der Waals surface area (Å²) in [5.41, 5.74) is -1.65. The van der Waals surface area contributed by atoms with Crippen LogP contribution < -0.4 is 5.32 Å². The Hall–Kier alpha value is -2.45. The van der Waals surface area contributed by atoms with Crippen molar-refractivity contribution >= 4 is 29.7 Å². The van der Waals surface area contributed by atoms with Crippen LogP contribution in [-0.4, -0.2) is 46.4 Å². The molecule has 31 heavy (non-hydrogen) atoms. The van der Waals surface area contributed by atoms with E-state index in [4.69, 9.17) is 9.57 Å². The van der Waals surface area contributed by atoms with Gasteiger partial charge in [-0.05, 0) is 39.0 Å². The molecule has 1 aliphatic heterocycles. The van der Waals surface area contributed by atoms with Gasteiger partial charge < -0.3 is 14.9 Å². The maximum absolute atomic E-state index is 12.9. The third-order valence-corrected chi connectivity index (χ3v) is 4.42. The number of carbonyl (C=O) groups is 5. The summed E-state index contributed by atoms with van der Waals surface area (Å²) in [5, 5.41) is 3.15. The average Bonchev–Trinajstić information content (AvgIpc) is 2.86. The van der Waals surface area contributed by atoms with Crippen molar-refractivity contribution in [2.24, 2.45) is 10.8 Å². The number of nitrogens with one attached hydrogen (secondary N) is 1. The molecule has 1 saturated heterocycles. The molecule has 3 amide bonds. The molecule has 9 nitrogen and oxygen atoms in total. The third-order valence-electron chi connectivity index (χ3n) is 4.42. The van der Waals surface area contributed by atoms with Gasteiger partial charge in [0, 0.05) is 18.3 Å². The zero-order chi connectivity index (χ0) is 24.2. The second-order valence-electron chi connectivity index (χ2n) is 10.8. The highest BCUT2D eigenvalue weighted by molar-refractivity contribution is 6.01. The summed E-state index contributed by atoms with van der Waals surface area (Å²) in [6, 6.07) is -1.08. The van der Waals surface area contributed by atoms with Crippen LogP contribution in [0, 0.1) is 10.8 Å². The fourth-order valence-corrected chi connectivity index (χ4v) is 3.45. The van der Waals surface area contributed by atoms with Gasteiger partial charge in [0.1, 0.15) is 11.6 Å². The van der Waals surface area contributed by atoms with E-state index >= 15 is 0 Å². The Kier molecular flexibility index (Phi) is 8.39. The highest BCUT2D eigenvalue weighted by atomic mass is 16.7. The Labute approximate surface area is 184 Å². The van der Waals surface area contributed by atoms with Gasteiger partial charge >= 0.3 is 11.9 Å². The zero-order valence-electron chi connectivity index (χ0n) is 19.9. The molecule has 0 aromatic carbocycles. The standard InChI is InChI=1S/C22H36N2O7/c1-20(2,3)13-22(7,8)19(29)23-14(18(28)30-21(4,5)6)9-12-17(27)31-24-15(25)10-11-16(24)26/h14H,9-13H2,1-8H3,(H,23,29)/t14-/m0/s1. The van der Waals surface area contributed by atoms with Crippen LogP contribution in [0.4, 0.5) is 0 Å². The number of imide groups is 1. The fraction of sp³-hybridized carbons (Fsp3) is 0.773. The molecule has 1 fully saturated rings. The number of rotatable bonds is 8. The Bertz CT molecular complexity index is 713. The van der Waals surface area contributed by atoms with Crippen molar-refractivity contribution in [1.82, 2.24) is 10.4 Å². The third kappa shape index (κ3) is 9.06. The number of nitrogens with zero attached hydrogens (tertiary/aromatic N) is 1. The number of ether oxygens (including phenoxy) is 1. The molecule has 1 rings (SSSR count). The van der Waals surface area contributed by atoms with Gasteiger partial charge in [0.05, 0.1) is 6.42 Å². The van der Waals surface area contributed by atoms with Gasteiger partial charge in [-0.25, -0.2) is 9.59 Å². The molecule has 0 bridgehead atoms. The molecule has 176 valence electrons. The van der Waals surface area contributed by atoms with Gasteiger partial charge in [0.15, 0.2) is 0 Å². The van der Waals surface area contributed by atoms with Crippen molar-refractivity contribution in [1.29, 1.82) is 0 Å². The minimum atomic E-state index is -1.08. The van der Waals surface area contributed by atoms with E-state index in [-0.39, 0.29) is 37.0 Å². The van der Waals surface area contributed by atoms with Crippen LogP contribution in [0.3, 0.4) is 0 Å². The molecule has 1 atom stereocenters. The molecule has 1 heterocycles. The number of esters is 1. The van der Waals surface area contributed by atoms with Gasteiger partial charge in [-0.2, -0.15) is 0 Å². The van der Waals surface area contributed by atoms with E-state index < -0.39 is 40.8 Å². The molecular weight excluding hydrogens is 404 g/mol. The molecule has 0 spiro atoms. The van der Waals surface area contributed by atoms with Crippen LogP contribution in [0.25, 0.3) is 0 Å². The van der Waals surface area contributed by atoms with Crippen LogP contribution in [0.1, 0.15) is 87.5 Å². The summed E-state index contributed by atoms with van der Waals surface area (Å²) in [4.78, 5) is 65.7. The summed E-state index contributed by atoms with van der Waals surface area (Å²) in [6.45, 7) is 14.7. The largest absolute Gasteiger partial charge is 0.458 e. The number of hydrogen-bond donors (Lipinski definition) is 1. The van der Waals surface area contributed by atoms with E-state index in [9.17, 15) is 24.0 Å². The van der Waals surface area contributed by atoms with E-state index in [0.29, 0.717) is 11.5 Å². The van der Waals surface area contributed by atoms with Gasteiger partial charge in [0.2, 0.25) is 5.91 Å². The second-order valence-corrected chi connectivity index (χ2v) is 10.8. The Morgan fingerprint density at radius 2 is 1.48 bits per heavy atom. The molecule has 1 aliphatic rings. The lowest BCUT2D eigenvalue weighted by Crippen LogP contribution is -2.49. The van der Waals surface area contributed by atoms with Crippen LogP contribution in [-0.2, 0) is 33.5 Å². The summed E-state index contributed by atoms with van der Waals surface area (Å²) >= 11 is 0. The monoisotopic (exact) mass is 440 g/mol. The average molecular weight is 441 g/mol. The van der Waals surface area contributed by atoms with Crippen molar-refractivity contribution in [2.75, 3.05) is 0 Å². The molecule has 9 heteroatoms. The van der Waals surface area contributed by atoms with E-state index in [1.165, 1.54) is 0 Å². The maximum Gasteiger partial charge on any atom is 0.333 e. The molecule has 0 unspecified atom stereocenters. The first-order valence-electron chi connectivity index (χ1n) is 10.5. The predicted molar refractivity (Wildman–Crippen MR) is 112 cm³/mol. The van der Waals surface area contributed by atoms with Crippen molar-refractivity contribution < 1.29 is 33.5 Å². The summed E-state index contributed by atoms with van der Waals surface area (Å²) in [6.07, 6.45) is 0.174. The van der Waals surface area contributed by atoms with E-state index in [1.807, 2.05) is 20.8 Å². The van der Waals surface area contributed by atoms with Gasteiger partial charge in [-0.15, -0.1) is 5.06 Å². The number of carbonyl (C=O) groups excluding carboxylic acids is 5. The highest BCUT2D eigenvalue weighted by Crippen LogP contribution is 2.33. The number of hydrogen-bond acceptors (Lipinski definition) is 7. The van der Waals surface area contributed by atoms with Gasteiger partial charge in [0.25, 0.3) is 11.8 Å². The van der Waals surface area contributed by atoms with Crippen LogP contribution in [0.2, 0.25) is 0 Å². The molecule has 0 aliphatic carbocycles. The summed E-state index contributed by atoms with van der Waals surface area (Å²) in [7, 11) is 0. The summed E-state index contributed by atoms with van der Waals surface area (Å²) < 4.78 is 5.39. The highest BCUT2D eigenvalue weighted by Gasteiger charge is 2.37. The number of hydroxylamine groups is 2. The first-order valence-corrected chi connectivity index (χ1v) is 10.5. The van der Waals surface area contributed by atoms with Crippen molar-refractivity contribution in [3.63, 3.8) is 0 Å². The molecule has 0 aromatic heterocycles. The van der Waals surface area contributed by atoms with Gasteiger partial charge in [-0.3, -0.25) is 14.4 Å². The smallest absolute Gasteiger partial charge is 0.333 e. The Morgan fingerprint density at radius 3 is 1.94 bits per heavy atom. The molecular formula is C22H36N2O7.